The van der Waals surface area contributed by atoms with Gasteiger partial charge in [0, 0.05) is 44.5 Å². The first-order valence-electron chi connectivity index (χ1n) is 10.3. The van der Waals surface area contributed by atoms with Crippen molar-refractivity contribution >= 4 is 29.9 Å². The van der Waals surface area contributed by atoms with Crippen molar-refractivity contribution in [3.63, 3.8) is 0 Å². The Balaban J connectivity index is 0.00000480. The van der Waals surface area contributed by atoms with Crippen molar-refractivity contribution in [3.8, 4) is 5.88 Å². The smallest absolute Gasteiger partial charge is 0.422 e. The molecule has 11 heteroatoms. The molecule has 1 fully saturated rings. The van der Waals surface area contributed by atoms with Crippen LogP contribution in [0.15, 0.2) is 23.3 Å². The fraction of sp³-hybridized carbons (Fsp3) is 0.700. The Kier molecular flexibility index (Phi) is 12.5. The van der Waals surface area contributed by atoms with E-state index < -0.39 is 12.8 Å². The molecule has 0 aromatic carbocycles. The van der Waals surface area contributed by atoms with E-state index in [2.05, 4.69) is 39.4 Å². The van der Waals surface area contributed by atoms with Gasteiger partial charge in [0.25, 0.3) is 0 Å². The molecule has 178 valence electrons. The Morgan fingerprint density at radius 2 is 2.00 bits per heavy atom. The summed E-state index contributed by atoms with van der Waals surface area (Å²) in [6.07, 6.45) is -2.98. The minimum absolute atomic E-state index is 0. The van der Waals surface area contributed by atoms with Crippen LogP contribution in [0, 0.1) is 5.92 Å². The van der Waals surface area contributed by atoms with Crippen LogP contribution in [0.1, 0.15) is 26.3 Å². The summed E-state index contributed by atoms with van der Waals surface area (Å²) in [5, 5.41) is 6.60. The Hall–Kier alpha value is -1.34. The van der Waals surface area contributed by atoms with Gasteiger partial charge >= 0.3 is 6.18 Å². The molecule has 0 aliphatic carbocycles. The third kappa shape index (κ3) is 10.7. The van der Waals surface area contributed by atoms with Crippen molar-refractivity contribution < 1.29 is 22.6 Å². The van der Waals surface area contributed by atoms with Crippen LogP contribution in [0.25, 0.3) is 0 Å². The second-order valence-electron chi connectivity index (χ2n) is 7.44. The summed E-state index contributed by atoms with van der Waals surface area (Å²) >= 11 is 0. The number of rotatable bonds is 9. The van der Waals surface area contributed by atoms with Crippen LogP contribution in [0.3, 0.4) is 0 Å². The number of hydrogen-bond acceptors (Lipinski definition) is 5. The lowest BCUT2D eigenvalue weighted by Crippen LogP contribution is -2.52. The van der Waals surface area contributed by atoms with Gasteiger partial charge in [-0.25, -0.2) is 9.98 Å². The van der Waals surface area contributed by atoms with Crippen molar-refractivity contribution in [2.75, 3.05) is 46.0 Å². The summed E-state index contributed by atoms with van der Waals surface area (Å²) in [5.74, 6) is 1.06. The lowest BCUT2D eigenvalue weighted by Gasteiger charge is -2.37. The number of hydrogen-bond donors (Lipinski definition) is 2. The largest absolute Gasteiger partial charge is 0.468 e. The quantitative estimate of drug-likeness (QED) is 0.276. The molecule has 1 unspecified atom stereocenters. The zero-order valence-corrected chi connectivity index (χ0v) is 20.6. The number of halogens is 4. The van der Waals surface area contributed by atoms with E-state index in [4.69, 9.17) is 9.47 Å². The monoisotopic (exact) mass is 559 g/mol. The predicted octanol–water partition coefficient (Wildman–Crippen LogP) is 3.05. The van der Waals surface area contributed by atoms with E-state index in [1.165, 1.54) is 12.3 Å². The van der Waals surface area contributed by atoms with Gasteiger partial charge in [0.05, 0.1) is 19.8 Å². The molecule has 1 aliphatic rings. The fourth-order valence-corrected chi connectivity index (χ4v) is 3.19. The van der Waals surface area contributed by atoms with Gasteiger partial charge in [-0.1, -0.05) is 13.8 Å². The van der Waals surface area contributed by atoms with E-state index in [1.807, 2.05) is 6.92 Å². The van der Waals surface area contributed by atoms with Crippen molar-refractivity contribution in [1.29, 1.82) is 0 Å². The molecule has 2 heterocycles. The summed E-state index contributed by atoms with van der Waals surface area (Å²) in [7, 11) is 0. The summed E-state index contributed by atoms with van der Waals surface area (Å²) < 4.78 is 47.1. The van der Waals surface area contributed by atoms with E-state index in [1.54, 1.807) is 6.07 Å². The average molecular weight is 559 g/mol. The first-order chi connectivity index (χ1) is 14.3. The normalized spacial score (nSPS) is 16.5. The molecule has 1 aromatic rings. The molecule has 0 bridgehead atoms. The van der Waals surface area contributed by atoms with Gasteiger partial charge in [-0.3, -0.25) is 4.90 Å². The topological polar surface area (TPSA) is 71.0 Å². The van der Waals surface area contributed by atoms with Crippen LogP contribution in [0.5, 0.6) is 5.88 Å². The number of ether oxygens (including phenoxy) is 2. The zero-order valence-electron chi connectivity index (χ0n) is 18.2. The van der Waals surface area contributed by atoms with Gasteiger partial charge in [0.1, 0.15) is 0 Å². The molecule has 31 heavy (non-hydrogen) atoms. The standard InChI is InChI=1S/C20H32F3N5O2.HI/c1-4-24-19(27-13-17(15(2)3)28-7-9-29-10-8-28)26-12-16-5-6-25-18(11-16)30-14-20(21,22)23;/h5-6,11,15,17H,4,7-10,12-14H2,1-3H3,(H2,24,26,27);1H. The first kappa shape index (κ1) is 27.7. The number of pyridine rings is 1. The number of aliphatic imine (C=N–C) groups is 1. The van der Waals surface area contributed by atoms with Crippen LogP contribution in [0.2, 0.25) is 0 Å². The highest BCUT2D eigenvalue weighted by Gasteiger charge is 2.28. The Morgan fingerprint density at radius 3 is 2.61 bits per heavy atom. The maximum atomic E-state index is 12.3. The highest BCUT2D eigenvalue weighted by Crippen LogP contribution is 2.18. The Labute approximate surface area is 199 Å². The molecule has 1 atom stereocenters. The van der Waals surface area contributed by atoms with Crippen molar-refractivity contribution in [2.45, 2.75) is 39.5 Å². The molecule has 7 nitrogen and oxygen atoms in total. The lowest BCUT2D eigenvalue weighted by atomic mass is 10.0. The lowest BCUT2D eigenvalue weighted by molar-refractivity contribution is -0.154. The average Bonchev–Trinajstić information content (AvgIpc) is 2.71. The third-order valence-electron chi connectivity index (χ3n) is 4.71. The molecule has 1 aromatic heterocycles. The first-order valence-corrected chi connectivity index (χ1v) is 10.3. The van der Waals surface area contributed by atoms with Gasteiger partial charge in [-0.05, 0) is 24.5 Å². The summed E-state index contributed by atoms with van der Waals surface area (Å²) in [5.41, 5.74) is 0.716. The SMILES string of the molecule is CCNC(=NCc1ccnc(OCC(F)(F)F)c1)NCC(C(C)C)N1CCOCC1.I. The molecule has 1 aliphatic heterocycles. The maximum Gasteiger partial charge on any atom is 0.422 e. The predicted molar refractivity (Wildman–Crippen MR) is 125 cm³/mol. The third-order valence-corrected chi connectivity index (χ3v) is 4.71. The molecule has 0 spiro atoms. The van der Waals surface area contributed by atoms with Gasteiger partial charge < -0.3 is 20.1 Å². The highest BCUT2D eigenvalue weighted by molar-refractivity contribution is 14.0. The number of alkyl halides is 3. The van der Waals surface area contributed by atoms with E-state index in [0.717, 1.165) is 32.8 Å². The number of guanidine groups is 1. The fourth-order valence-electron chi connectivity index (χ4n) is 3.19. The molecule has 0 amide bonds. The van der Waals surface area contributed by atoms with E-state index >= 15 is 0 Å². The molecule has 2 N–H and O–H groups in total. The second-order valence-corrected chi connectivity index (χ2v) is 7.44. The van der Waals surface area contributed by atoms with E-state index in [9.17, 15) is 13.2 Å². The molecular formula is C20H33F3IN5O2. The molecular weight excluding hydrogens is 526 g/mol. The molecule has 0 saturated carbocycles. The number of nitrogens with zero attached hydrogens (tertiary/aromatic N) is 3. The molecule has 1 saturated heterocycles. The second kappa shape index (κ2) is 13.9. The minimum Gasteiger partial charge on any atom is -0.468 e. The summed E-state index contributed by atoms with van der Waals surface area (Å²) in [6.45, 7) is 10.1. The zero-order chi connectivity index (χ0) is 22.0. The Bertz CT molecular complexity index is 670. The Morgan fingerprint density at radius 1 is 1.29 bits per heavy atom. The summed E-state index contributed by atoms with van der Waals surface area (Å²) in [6, 6.07) is 3.53. The van der Waals surface area contributed by atoms with E-state index in [-0.39, 0.29) is 29.9 Å². The molecule has 0 radical (unpaired) electrons. The van der Waals surface area contributed by atoms with Crippen LogP contribution in [-0.2, 0) is 11.3 Å². The summed E-state index contributed by atoms with van der Waals surface area (Å²) in [4.78, 5) is 10.8. The number of morpholine rings is 1. The van der Waals surface area contributed by atoms with Crippen molar-refractivity contribution in [1.82, 2.24) is 20.5 Å². The number of nitrogens with one attached hydrogen (secondary N) is 2. The van der Waals surface area contributed by atoms with Gasteiger partial charge in [-0.2, -0.15) is 13.2 Å². The van der Waals surface area contributed by atoms with Crippen LogP contribution < -0.4 is 15.4 Å². The van der Waals surface area contributed by atoms with Crippen LogP contribution >= 0.6 is 24.0 Å². The van der Waals surface area contributed by atoms with E-state index in [0.29, 0.717) is 36.6 Å². The maximum absolute atomic E-state index is 12.3. The van der Waals surface area contributed by atoms with Gasteiger partial charge in [0.2, 0.25) is 5.88 Å². The van der Waals surface area contributed by atoms with Crippen molar-refractivity contribution in [2.24, 2.45) is 10.9 Å². The minimum atomic E-state index is -4.40. The van der Waals surface area contributed by atoms with Crippen LogP contribution in [-0.4, -0.2) is 74.1 Å². The highest BCUT2D eigenvalue weighted by atomic mass is 127. The van der Waals surface area contributed by atoms with Crippen molar-refractivity contribution in [3.05, 3.63) is 23.9 Å². The number of aromatic nitrogens is 1. The van der Waals surface area contributed by atoms with Crippen LogP contribution in [0.4, 0.5) is 13.2 Å². The molecule has 2 rings (SSSR count). The van der Waals surface area contributed by atoms with Gasteiger partial charge in [-0.15, -0.1) is 24.0 Å². The van der Waals surface area contributed by atoms with Gasteiger partial charge in [0.15, 0.2) is 12.6 Å².